The summed E-state index contributed by atoms with van der Waals surface area (Å²) in [5.74, 6) is 1.67. The molecule has 3 heteroatoms. The van der Waals surface area contributed by atoms with E-state index < -0.39 is 5.60 Å². The van der Waals surface area contributed by atoms with Crippen LogP contribution in [0.3, 0.4) is 0 Å². The minimum absolute atomic E-state index is 0.292. The fourth-order valence-electron chi connectivity index (χ4n) is 2.70. The maximum absolute atomic E-state index is 10.7. The molecule has 0 bridgehead atoms. The van der Waals surface area contributed by atoms with Crippen LogP contribution in [0.1, 0.15) is 31.7 Å². The van der Waals surface area contributed by atoms with Crippen molar-refractivity contribution < 1.29 is 14.6 Å². The third-order valence-corrected chi connectivity index (χ3v) is 3.89. The largest absolute Gasteiger partial charge is 0.493 e. The van der Waals surface area contributed by atoms with Crippen molar-refractivity contribution >= 4 is 0 Å². The Bertz CT molecular complexity index is 402. The molecule has 2 unspecified atom stereocenters. The van der Waals surface area contributed by atoms with Crippen LogP contribution in [0.2, 0.25) is 0 Å². The van der Waals surface area contributed by atoms with Crippen LogP contribution in [0.5, 0.6) is 11.5 Å². The van der Waals surface area contributed by atoms with Gasteiger partial charge in [-0.2, -0.15) is 0 Å². The summed E-state index contributed by atoms with van der Waals surface area (Å²) in [6.45, 7) is 2.10. The molecule has 0 heterocycles. The minimum Gasteiger partial charge on any atom is -0.493 e. The highest BCUT2D eigenvalue weighted by Gasteiger charge is 2.40. The second-order valence-electron chi connectivity index (χ2n) is 4.79. The summed E-state index contributed by atoms with van der Waals surface area (Å²) >= 11 is 0. The Balaban J connectivity index is 2.39. The van der Waals surface area contributed by atoms with Gasteiger partial charge >= 0.3 is 0 Å². The highest BCUT2D eigenvalue weighted by Crippen LogP contribution is 2.45. The van der Waals surface area contributed by atoms with E-state index in [1.54, 1.807) is 14.2 Å². The molecule has 2 atom stereocenters. The van der Waals surface area contributed by atoms with Gasteiger partial charge in [0.25, 0.3) is 0 Å². The third-order valence-electron chi connectivity index (χ3n) is 3.89. The van der Waals surface area contributed by atoms with Crippen molar-refractivity contribution in [3.63, 3.8) is 0 Å². The lowest BCUT2D eigenvalue weighted by atomic mass is 9.85. The zero-order chi connectivity index (χ0) is 12.5. The molecule has 1 aromatic rings. The van der Waals surface area contributed by atoms with Crippen molar-refractivity contribution in [3.8, 4) is 11.5 Å². The molecular formula is C14H20O3. The van der Waals surface area contributed by atoms with Crippen molar-refractivity contribution in [2.45, 2.75) is 31.8 Å². The van der Waals surface area contributed by atoms with Gasteiger partial charge in [0.05, 0.1) is 19.8 Å². The van der Waals surface area contributed by atoms with Gasteiger partial charge in [-0.15, -0.1) is 0 Å². The van der Waals surface area contributed by atoms with Gasteiger partial charge in [0.1, 0.15) is 0 Å². The first-order valence-corrected chi connectivity index (χ1v) is 6.06. The van der Waals surface area contributed by atoms with Gasteiger partial charge in [-0.3, -0.25) is 0 Å². The number of methoxy groups -OCH3 is 2. The zero-order valence-corrected chi connectivity index (χ0v) is 10.7. The summed E-state index contributed by atoms with van der Waals surface area (Å²) in [5.41, 5.74) is 0.222. The van der Waals surface area contributed by atoms with Crippen LogP contribution in [0.4, 0.5) is 0 Å². The molecule has 1 fully saturated rings. The molecular weight excluding hydrogens is 216 g/mol. The number of hydrogen-bond donors (Lipinski definition) is 1. The molecule has 0 aromatic heterocycles. The van der Waals surface area contributed by atoms with E-state index in [1.807, 2.05) is 18.2 Å². The molecule has 1 saturated carbocycles. The van der Waals surface area contributed by atoms with E-state index in [4.69, 9.17) is 9.47 Å². The van der Waals surface area contributed by atoms with E-state index in [9.17, 15) is 5.11 Å². The second kappa shape index (κ2) is 4.57. The molecule has 0 spiro atoms. The molecule has 1 N–H and O–H groups in total. The summed E-state index contributed by atoms with van der Waals surface area (Å²) in [5, 5.41) is 10.7. The van der Waals surface area contributed by atoms with E-state index in [2.05, 4.69) is 6.92 Å². The molecule has 0 aliphatic heterocycles. The number of rotatable bonds is 3. The van der Waals surface area contributed by atoms with E-state index >= 15 is 0 Å². The Kier molecular flexibility index (Phi) is 3.29. The van der Waals surface area contributed by atoms with Crippen LogP contribution in [-0.4, -0.2) is 19.3 Å². The van der Waals surface area contributed by atoms with Gasteiger partial charge in [0.2, 0.25) is 0 Å². The van der Waals surface area contributed by atoms with E-state index in [1.165, 1.54) is 0 Å². The maximum atomic E-state index is 10.7. The molecule has 0 amide bonds. The number of aliphatic hydroxyl groups is 1. The Morgan fingerprint density at radius 3 is 2.47 bits per heavy atom. The Morgan fingerprint density at radius 2 is 1.94 bits per heavy atom. The predicted molar refractivity (Wildman–Crippen MR) is 66.5 cm³/mol. The highest BCUT2D eigenvalue weighted by atomic mass is 16.5. The number of ether oxygens (including phenoxy) is 2. The molecule has 1 aromatic carbocycles. The summed E-state index contributed by atoms with van der Waals surface area (Å²) in [4.78, 5) is 0. The van der Waals surface area contributed by atoms with Crippen LogP contribution in [0.25, 0.3) is 0 Å². The molecule has 2 rings (SSSR count). The average molecular weight is 236 g/mol. The normalized spacial score (nSPS) is 28.1. The first-order chi connectivity index (χ1) is 8.11. The molecule has 1 aliphatic rings. The lowest BCUT2D eigenvalue weighted by molar-refractivity contribution is 0.00427. The average Bonchev–Trinajstić information content (AvgIpc) is 2.70. The first-order valence-electron chi connectivity index (χ1n) is 6.06. The van der Waals surface area contributed by atoms with Crippen LogP contribution >= 0.6 is 0 Å². The lowest BCUT2D eigenvalue weighted by Gasteiger charge is -2.28. The van der Waals surface area contributed by atoms with Gasteiger partial charge in [-0.1, -0.05) is 13.0 Å². The van der Waals surface area contributed by atoms with E-state index in [0.717, 1.165) is 24.8 Å². The smallest absolute Gasteiger partial charge is 0.161 e. The van der Waals surface area contributed by atoms with Gasteiger partial charge in [0.15, 0.2) is 11.5 Å². The minimum atomic E-state index is -0.709. The Hall–Kier alpha value is -1.22. The van der Waals surface area contributed by atoms with Crippen LogP contribution in [-0.2, 0) is 5.60 Å². The summed E-state index contributed by atoms with van der Waals surface area (Å²) in [7, 11) is 3.23. The predicted octanol–water partition coefficient (Wildman–Crippen LogP) is 2.71. The Labute approximate surface area is 102 Å². The van der Waals surface area contributed by atoms with E-state index in [0.29, 0.717) is 17.4 Å². The molecule has 3 nitrogen and oxygen atoms in total. The van der Waals surface area contributed by atoms with Crippen LogP contribution < -0.4 is 9.47 Å². The van der Waals surface area contributed by atoms with Crippen molar-refractivity contribution in [3.05, 3.63) is 23.8 Å². The molecule has 0 radical (unpaired) electrons. The van der Waals surface area contributed by atoms with Crippen LogP contribution in [0, 0.1) is 5.92 Å². The van der Waals surface area contributed by atoms with E-state index in [-0.39, 0.29) is 0 Å². The van der Waals surface area contributed by atoms with Crippen molar-refractivity contribution in [2.75, 3.05) is 14.2 Å². The third kappa shape index (κ3) is 2.00. The first kappa shape index (κ1) is 12.2. The lowest BCUT2D eigenvalue weighted by Crippen LogP contribution is -2.28. The van der Waals surface area contributed by atoms with Crippen LogP contribution in [0.15, 0.2) is 18.2 Å². The zero-order valence-electron chi connectivity index (χ0n) is 10.7. The second-order valence-corrected chi connectivity index (χ2v) is 4.79. The van der Waals surface area contributed by atoms with Crippen molar-refractivity contribution in [1.82, 2.24) is 0 Å². The molecule has 0 saturated heterocycles. The quantitative estimate of drug-likeness (QED) is 0.877. The maximum Gasteiger partial charge on any atom is 0.161 e. The molecule has 1 aliphatic carbocycles. The fraction of sp³-hybridized carbons (Fsp3) is 0.571. The standard InChI is InChI=1S/C14H20O3/c1-10-5-4-8-14(10,15)11-6-7-12(16-2)13(9-11)17-3/h6-7,9-10,15H,4-5,8H2,1-3H3. The van der Waals surface area contributed by atoms with Crippen molar-refractivity contribution in [2.24, 2.45) is 5.92 Å². The molecule has 17 heavy (non-hydrogen) atoms. The Morgan fingerprint density at radius 1 is 1.24 bits per heavy atom. The topological polar surface area (TPSA) is 38.7 Å². The highest BCUT2D eigenvalue weighted by molar-refractivity contribution is 5.45. The van der Waals surface area contributed by atoms with Gasteiger partial charge in [-0.25, -0.2) is 0 Å². The SMILES string of the molecule is COc1ccc(C2(O)CCCC2C)cc1OC. The molecule has 94 valence electrons. The summed E-state index contributed by atoms with van der Waals surface area (Å²) < 4.78 is 10.5. The van der Waals surface area contributed by atoms with Crippen molar-refractivity contribution in [1.29, 1.82) is 0 Å². The fourth-order valence-corrected chi connectivity index (χ4v) is 2.70. The van der Waals surface area contributed by atoms with Gasteiger partial charge < -0.3 is 14.6 Å². The van der Waals surface area contributed by atoms with Gasteiger partial charge in [0, 0.05) is 0 Å². The van der Waals surface area contributed by atoms with Gasteiger partial charge in [-0.05, 0) is 42.9 Å². The monoisotopic (exact) mass is 236 g/mol. The number of hydrogen-bond acceptors (Lipinski definition) is 3. The summed E-state index contributed by atoms with van der Waals surface area (Å²) in [6.07, 6.45) is 2.97. The number of benzene rings is 1. The summed E-state index contributed by atoms with van der Waals surface area (Å²) in [6, 6.07) is 5.68.